The van der Waals surface area contributed by atoms with E-state index < -0.39 is 5.97 Å². The molecule has 2 N–H and O–H groups in total. The number of hydrogen-bond donors (Lipinski definition) is 2. The number of hydrogen-bond acceptors (Lipinski definition) is 3. The van der Waals surface area contributed by atoms with Gasteiger partial charge in [0, 0.05) is 30.4 Å². The van der Waals surface area contributed by atoms with Crippen molar-refractivity contribution in [3.8, 4) is 0 Å². The van der Waals surface area contributed by atoms with Crippen molar-refractivity contribution in [2.75, 3.05) is 0 Å². The number of nitrogens with zero attached hydrogens (tertiary/aromatic N) is 2. The molecule has 0 atom stereocenters. The molecule has 0 unspecified atom stereocenters. The molecule has 0 fully saturated rings. The summed E-state index contributed by atoms with van der Waals surface area (Å²) in [5, 5.41) is 16.2. The van der Waals surface area contributed by atoms with Crippen molar-refractivity contribution in [2.24, 2.45) is 7.05 Å². The molecule has 0 radical (unpaired) electrons. The van der Waals surface area contributed by atoms with E-state index in [0.717, 1.165) is 17.0 Å². The lowest BCUT2D eigenvalue weighted by Gasteiger charge is -2.08. The molecule has 0 aliphatic rings. The molecule has 6 heteroatoms. The fraction of sp³-hybridized carbons (Fsp3) is 0.312. The number of aromatic nitrogens is 2. The standard InChI is InChI=1S/C16H19N3O3/c1-9-5-6-12(7-13(9)16(21)22)15(20)17-8-14-10(2)18-19(4)11(14)3/h5-7H,8H2,1-4H3,(H,17,20)(H,21,22). The number of nitrogens with one attached hydrogen (secondary N) is 1. The minimum atomic E-state index is -1.04. The van der Waals surface area contributed by atoms with Crippen molar-refractivity contribution in [1.82, 2.24) is 15.1 Å². The molecule has 1 amide bonds. The Morgan fingerprint density at radius 1 is 1.27 bits per heavy atom. The van der Waals surface area contributed by atoms with Crippen molar-refractivity contribution < 1.29 is 14.7 Å². The highest BCUT2D eigenvalue weighted by Gasteiger charge is 2.14. The number of aryl methyl sites for hydroxylation is 3. The van der Waals surface area contributed by atoms with Crippen LogP contribution in [-0.2, 0) is 13.6 Å². The normalized spacial score (nSPS) is 10.5. The van der Waals surface area contributed by atoms with Gasteiger partial charge < -0.3 is 10.4 Å². The summed E-state index contributed by atoms with van der Waals surface area (Å²) < 4.78 is 1.77. The number of carbonyl (C=O) groups is 2. The van der Waals surface area contributed by atoms with Gasteiger partial charge in [0.05, 0.1) is 11.3 Å². The summed E-state index contributed by atoms with van der Waals surface area (Å²) in [5.41, 5.74) is 3.94. The van der Waals surface area contributed by atoms with Crippen molar-refractivity contribution in [3.05, 3.63) is 51.8 Å². The lowest BCUT2D eigenvalue weighted by Crippen LogP contribution is -2.23. The van der Waals surface area contributed by atoms with Gasteiger partial charge in [-0.25, -0.2) is 4.79 Å². The van der Waals surface area contributed by atoms with Crippen LogP contribution in [0.3, 0.4) is 0 Å². The molecule has 0 saturated heterocycles. The van der Waals surface area contributed by atoms with Crippen LogP contribution in [0.1, 0.15) is 43.2 Å². The molecule has 1 aromatic carbocycles. The van der Waals surface area contributed by atoms with Crippen molar-refractivity contribution in [1.29, 1.82) is 0 Å². The first-order chi connectivity index (χ1) is 10.3. The zero-order valence-corrected chi connectivity index (χ0v) is 13.1. The quantitative estimate of drug-likeness (QED) is 0.904. The SMILES string of the molecule is Cc1ccc(C(=O)NCc2c(C)nn(C)c2C)cc1C(=O)O. The lowest BCUT2D eigenvalue weighted by molar-refractivity contribution is 0.0696. The molecule has 116 valence electrons. The molecule has 1 aromatic heterocycles. The second-order valence-corrected chi connectivity index (χ2v) is 5.29. The number of carboxylic acids is 1. The van der Waals surface area contributed by atoms with Crippen LogP contribution < -0.4 is 5.32 Å². The van der Waals surface area contributed by atoms with E-state index in [4.69, 9.17) is 5.11 Å². The molecule has 0 saturated carbocycles. The number of aromatic carboxylic acids is 1. The number of benzene rings is 1. The Hall–Kier alpha value is -2.63. The van der Waals surface area contributed by atoms with Crippen LogP contribution in [0.15, 0.2) is 18.2 Å². The summed E-state index contributed by atoms with van der Waals surface area (Å²) in [6, 6.07) is 4.66. The van der Waals surface area contributed by atoms with E-state index in [9.17, 15) is 9.59 Å². The van der Waals surface area contributed by atoms with E-state index in [1.807, 2.05) is 20.9 Å². The molecule has 0 spiro atoms. The van der Waals surface area contributed by atoms with Gasteiger partial charge in [-0.3, -0.25) is 9.48 Å². The van der Waals surface area contributed by atoms with E-state index in [1.54, 1.807) is 23.7 Å². The maximum Gasteiger partial charge on any atom is 0.335 e. The van der Waals surface area contributed by atoms with E-state index in [1.165, 1.54) is 6.07 Å². The highest BCUT2D eigenvalue weighted by atomic mass is 16.4. The topological polar surface area (TPSA) is 84.2 Å². The molecule has 0 bridgehead atoms. The first-order valence-electron chi connectivity index (χ1n) is 6.92. The van der Waals surface area contributed by atoms with Crippen LogP contribution in [0.5, 0.6) is 0 Å². The largest absolute Gasteiger partial charge is 0.478 e. The maximum atomic E-state index is 12.2. The third-order valence-corrected chi connectivity index (χ3v) is 3.81. The minimum absolute atomic E-state index is 0.140. The van der Waals surface area contributed by atoms with Crippen LogP contribution >= 0.6 is 0 Å². The molecule has 0 aliphatic carbocycles. The van der Waals surface area contributed by atoms with Crippen molar-refractivity contribution in [3.63, 3.8) is 0 Å². The third kappa shape index (κ3) is 3.00. The average Bonchev–Trinajstić information content (AvgIpc) is 2.70. The Morgan fingerprint density at radius 2 is 1.95 bits per heavy atom. The Bertz CT molecular complexity index is 747. The summed E-state index contributed by atoms with van der Waals surface area (Å²) >= 11 is 0. The first-order valence-corrected chi connectivity index (χ1v) is 6.92. The Morgan fingerprint density at radius 3 is 2.50 bits per heavy atom. The van der Waals surface area contributed by atoms with Gasteiger partial charge in [-0.15, -0.1) is 0 Å². The van der Waals surface area contributed by atoms with Gasteiger partial charge in [0.1, 0.15) is 0 Å². The van der Waals surface area contributed by atoms with Gasteiger partial charge in [-0.05, 0) is 38.5 Å². The van der Waals surface area contributed by atoms with Crippen molar-refractivity contribution >= 4 is 11.9 Å². The van der Waals surface area contributed by atoms with Crippen LogP contribution in [0, 0.1) is 20.8 Å². The number of carboxylic acid groups (broad SMARTS) is 1. The van der Waals surface area contributed by atoms with Gasteiger partial charge in [-0.2, -0.15) is 5.10 Å². The third-order valence-electron chi connectivity index (χ3n) is 3.81. The first kappa shape index (κ1) is 15.8. The summed E-state index contributed by atoms with van der Waals surface area (Å²) in [4.78, 5) is 23.3. The molecule has 1 heterocycles. The summed E-state index contributed by atoms with van der Waals surface area (Å²) in [6.45, 7) is 5.90. The highest BCUT2D eigenvalue weighted by Crippen LogP contribution is 2.13. The van der Waals surface area contributed by atoms with Gasteiger partial charge in [-0.1, -0.05) is 6.07 Å². The van der Waals surface area contributed by atoms with Crippen LogP contribution in [0.25, 0.3) is 0 Å². The molecule has 2 aromatic rings. The van der Waals surface area contributed by atoms with Gasteiger partial charge >= 0.3 is 5.97 Å². The second kappa shape index (κ2) is 6.01. The predicted molar refractivity (Wildman–Crippen MR) is 82.0 cm³/mol. The zero-order valence-electron chi connectivity index (χ0n) is 13.1. The minimum Gasteiger partial charge on any atom is -0.478 e. The highest BCUT2D eigenvalue weighted by molar-refractivity contribution is 5.98. The van der Waals surface area contributed by atoms with E-state index in [0.29, 0.717) is 17.7 Å². The summed E-state index contributed by atoms with van der Waals surface area (Å²) in [7, 11) is 1.85. The van der Waals surface area contributed by atoms with Crippen LogP contribution in [0.2, 0.25) is 0 Å². The van der Waals surface area contributed by atoms with Gasteiger partial charge in [0.2, 0.25) is 0 Å². The zero-order chi connectivity index (χ0) is 16.4. The number of amides is 1. The smallest absolute Gasteiger partial charge is 0.335 e. The number of rotatable bonds is 4. The van der Waals surface area contributed by atoms with Crippen LogP contribution in [-0.4, -0.2) is 26.8 Å². The Balaban J connectivity index is 2.16. The fourth-order valence-corrected chi connectivity index (χ4v) is 2.34. The molecular weight excluding hydrogens is 282 g/mol. The van der Waals surface area contributed by atoms with Gasteiger partial charge in [0.15, 0.2) is 0 Å². The predicted octanol–water partition coefficient (Wildman–Crippen LogP) is 1.97. The van der Waals surface area contributed by atoms with E-state index in [2.05, 4.69) is 10.4 Å². The van der Waals surface area contributed by atoms with Gasteiger partial charge in [0.25, 0.3) is 5.91 Å². The molecule has 0 aliphatic heterocycles. The van der Waals surface area contributed by atoms with E-state index >= 15 is 0 Å². The number of carbonyl (C=O) groups excluding carboxylic acids is 1. The Kier molecular flexibility index (Phi) is 4.30. The second-order valence-electron chi connectivity index (χ2n) is 5.29. The monoisotopic (exact) mass is 301 g/mol. The molecule has 6 nitrogen and oxygen atoms in total. The maximum absolute atomic E-state index is 12.2. The summed E-state index contributed by atoms with van der Waals surface area (Å²) in [6.07, 6.45) is 0. The summed E-state index contributed by atoms with van der Waals surface area (Å²) in [5.74, 6) is -1.34. The molecular formula is C16H19N3O3. The molecule has 2 rings (SSSR count). The van der Waals surface area contributed by atoms with Crippen molar-refractivity contribution in [2.45, 2.75) is 27.3 Å². The molecule has 22 heavy (non-hydrogen) atoms. The fourth-order valence-electron chi connectivity index (χ4n) is 2.34. The van der Waals surface area contributed by atoms with Crippen LogP contribution in [0.4, 0.5) is 0 Å². The lowest BCUT2D eigenvalue weighted by atomic mass is 10.0. The average molecular weight is 301 g/mol. The van der Waals surface area contributed by atoms with E-state index in [-0.39, 0.29) is 11.5 Å². The Labute approximate surface area is 128 Å².